The van der Waals surface area contributed by atoms with Gasteiger partial charge in [0.05, 0.1) is 35.3 Å². The number of nitrogens with one attached hydrogen (secondary N) is 1. The fourth-order valence-electron chi connectivity index (χ4n) is 6.48. The molecule has 3 aliphatic rings. The summed E-state index contributed by atoms with van der Waals surface area (Å²) in [4.78, 5) is 31.7. The van der Waals surface area contributed by atoms with E-state index in [2.05, 4.69) is 22.2 Å². The molecule has 5 heterocycles. The van der Waals surface area contributed by atoms with E-state index in [9.17, 15) is 9.59 Å². The number of nitrogens with zero attached hydrogens (tertiary/aromatic N) is 3. The van der Waals surface area contributed by atoms with Crippen LogP contribution in [0.3, 0.4) is 0 Å². The van der Waals surface area contributed by atoms with Crippen molar-refractivity contribution in [2.45, 2.75) is 44.1 Å². The number of rotatable bonds is 2. The third kappa shape index (κ3) is 3.49. The second kappa shape index (κ2) is 8.45. The topological polar surface area (TPSA) is 89.4 Å². The molecule has 1 spiro atoms. The fraction of sp³-hybridized carbons (Fsp3) is 0.414. The Balaban J connectivity index is 1.24. The van der Waals surface area contributed by atoms with Crippen molar-refractivity contribution in [3.8, 4) is 5.75 Å². The molecule has 0 aliphatic carbocycles. The zero-order valence-corrected chi connectivity index (χ0v) is 21.0. The van der Waals surface area contributed by atoms with Crippen LogP contribution >= 0.6 is 0 Å². The highest BCUT2D eigenvalue weighted by Gasteiger charge is 2.43. The Morgan fingerprint density at radius 2 is 1.89 bits per heavy atom. The van der Waals surface area contributed by atoms with E-state index in [0.717, 1.165) is 53.4 Å². The quantitative estimate of drug-likeness (QED) is 0.449. The van der Waals surface area contributed by atoms with Gasteiger partial charge in [-0.05, 0) is 56.4 Å². The number of amides is 1. The number of carbonyl (C=O) groups excluding carboxylic acids is 1. The molecule has 190 valence electrons. The molecule has 8 nitrogen and oxygen atoms in total. The van der Waals surface area contributed by atoms with Gasteiger partial charge in [-0.25, -0.2) is 0 Å². The Bertz CT molecular complexity index is 1590. The largest absolute Gasteiger partial charge is 0.492 e. The second-order valence-electron chi connectivity index (χ2n) is 10.7. The molecule has 2 aromatic carbocycles. The number of piperidine rings is 1. The van der Waals surface area contributed by atoms with Crippen LogP contribution in [0, 0.1) is 6.92 Å². The molecular formula is C29H30N4O4. The van der Waals surface area contributed by atoms with Crippen LogP contribution in [0.1, 0.15) is 53.2 Å². The van der Waals surface area contributed by atoms with E-state index >= 15 is 0 Å². The Morgan fingerprint density at radius 3 is 2.70 bits per heavy atom. The van der Waals surface area contributed by atoms with Crippen LogP contribution < -0.4 is 10.3 Å². The van der Waals surface area contributed by atoms with Crippen molar-refractivity contribution in [1.29, 1.82) is 0 Å². The maximum Gasteiger partial charge on any atom is 0.259 e. The van der Waals surface area contributed by atoms with Crippen molar-refractivity contribution < 1.29 is 14.3 Å². The highest BCUT2D eigenvalue weighted by Crippen LogP contribution is 2.45. The Hall–Kier alpha value is -3.65. The van der Waals surface area contributed by atoms with E-state index in [1.807, 2.05) is 40.8 Å². The first-order chi connectivity index (χ1) is 18.0. The van der Waals surface area contributed by atoms with Crippen LogP contribution in [0.15, 0.2) is 47.4 Å². The van der Waals surface area contributed by atoms with E-state index in [-0.39, 0.29) is 22.9 Å². The highest BCUT2D eigenvalue weighted by atomic mass is 16.5. The average Bonchev–Trinajstić information content (AvgIpc) is 3.53. The molecule has 37 heavy (non-hydrogen) atoms. The van der Waals surface area contributed by atoms with Crippen molar-refractivity contribution in [3.63, 3.8) is 0 Å². The molecule has 7 rings (SSSR count). The maximum atomic E-state index is 13.8. The third-order valence-corrected chi connectivity index (χ3v) is 8.65. The van der Waals surface area contributed by atoms with Crippen molar-refractivity contribution in [1.82, 2.24) is 19.7 Å². The number of aromatic nitrogens is 3. The van der Waals surface area contributed by atoms with Crippen LogP contribution in [0.25, 0.3) is 21.8 Å². The van der Waals surface area contributed by atoms with Gasteiger partial charge in [0.1, 0.15) is 5.75 Å². The average molecular weight is 499 g/mol. The predicted octanol–water partition coefficient (Wildman–Crippen LogP) is 4.10. The van der Waals surface area contributed by atoms with Gasteiger partial charge in [0.15, 0.2) is 0 Å². The van der Waals surface area contributed by atoms with Crippen LogP contribution in [0.5, 0.6) is 5.75 Å². The number of H-pyrrole nitrogens is 1. The zero-order valence-electron chi connectivity index (χ0n) is 21.0. The Kier molecular flexibility index (Phi) is 5.15. The Labute approximate surface area is 214 Å². The van der Waals surface area contributed by atoms with Gasteiger partial charge in [-0.2, -0.15) is 5.10 Å². The molecule has 1 N–H and O–H groups in total. The van der Waals surface area contributed by atoms with Crippen LogP contribution in [0.2, 0.25) is 0 Å². The molecule has 0 saturated carbocycles. The molecule has 0 bridgehead atoms. The lowest BCUT2D eigenvalue weighted by Crippen LogP contribution is -2.46. The molecule has 3 aliphatic heterocycles. The van der Waals surface area contributed by atoms with Gasteiger partial charge in [-0.1, -0.05) is 18.2 Å². The number of benzene rings is 2. The number of ether oxygens (including phenoxy) is 2. The minimum atomic E-state index is -0.153. The smallest absolute Gasteiger partial charge is 0.259 e. The summed E-state index contributed by atoms with van der Waals surface area (Å²) in [6, 6.07) is 12.3. The predicted molar refractivity (Wildman–Crippen MR) is 140 cm³/mol. The standard InChI is InChI=1S/C29H30N4O4/c1-18-14-24-21(26-22(27(34)31-24)16-30-33(26)19-6-12-36-13-7-19)15-20(18)28(35)32-10-8-29(9-11-32)17-37-25-5-3-2-4-23(25)29/h2-5,14-16,19H,6-13,17H2,1H3,(H,31,34). The molecule has 0 atom stereocenters. The first-order valence-electron chi connectivity index (χ1n) is 13.2. The van der Waals surface area contributed by atoms with Gasteiger partial charge in [0.25, 0.3) is 11.5 Å². The van der Waals surface area contributed by atoms with Crippen LogP contribution in [-0.2, 0) is 10.2 Å². The first-order valence-corrected chi connectivity index (χ1v) is 13.2. The summed E-state index contributed by atoms with van der Waals surface area (Å²) in [5.41, 5.74) is 4.19. The van der Waals surface area contributed by atoms with Gasteiger partial charge in [0.2, 0.25) is 0 Å². The molecule has 0 radical (unpaired) electrons. The van der Waals surface area contributed by atoms with E-state index in [1.54, 1.807) is 6.20 Å². The number of pyridine rings is 1. The summed E-state index contributed by atoms with van der Waals surface area (Å²) in [5.74, 6) is 1.02. The minimum Gasteiger partial charge on any atom is -0.492 e. The summed E-state index contributed by atoms with van der Waals surface area (Å²) < 4.78 is 13.5. The highest BCUT2D eigenvalue weighted by molar-refractivity contribution is 6.07. The lowest BCUT2D eigenvalue weighted by atomic mass is 9.74. The maximum absolute atomic E-state index is 13.8. The molecule has 4 aromatic rings. The summed E-state index contributed by atoms with van der Waals surface area (Å²) in [6.45, 7) is 5.37. The monoisotopic (exact) mass is 498 g/mol. The second-order valence-corrected chi connectivity index (χ2v) is 10.7. The lowest BCUT2D eigenvalue weighted by molar-refractivity contribution is 0.0646. The first kappa shape index (κ1) is 22.5. The summed E-state index contributed by atoms with van der Waals surface area (Å²) in [6.07, 6.45) is 5.12. The zero-order chi connectivity index (χ0) is 25.1. The molecular weight excluding hydrogens is 468 g/mol. The van der Waals surface area contributed by atoms with Crippen molar-refractivity contribution in [2.24, 2.45) is 0 Å². The van der Waals surface area contributed by atoms with Crippen molar-refractivity contribution in [3.05, 3.63) is 69.6 Å². The number of hydrogen-bond donors (Lipinski definition) is 1. The van der Waals surface area contributed by atoms with Gasteiger partial charge < -0.3 is 19.4 Å². The molecule has 2 fully saturated rings. The van der Waals surface area contributed by atoms with Gasteiger partial charge in [-0.15, -0.1) is 0 Å². The third-order valence-electron chi connectivity index (χ3n) is 8.65. The normalized spacial score (nSPS) is 19.4. The fourth-order valence-corrected chi connectivity index (χ4v) is 6.48. The number of aryl methyl sites for hydroxylation is 1. The Morgan fingerprint density at radius 1 is 1.11 bits per heavy atom. The van der Waals surface area contributed by atoms with Gasteiger partial charge in [0, 0.05) is 48.2 Å². The van der Waals surface area contributed by atoms with Crippen LogP contribution in [0.4, 0.5) is 0 Å². The molecule has 0 unspecified atom stereocenters. The SMILES string of the molecule is Cc1cc2[nH]c(=O)c3cnn(C4CCOCC4)c3c2cc1C(=O)N1CCC2(CC1)COc1ccccc12. The lowest BCUT2D eigenvalue weighted by Gasteiger charge is -2.38. The summed E-state index contributed by atoms with van der Waals surface area (Å²) in [5, 5.41) is 6.03. The number of fused-ring (bicyclic) bond motifs is 5. The minimum absolute atomic E-state index is 0.00629. The number of carbonyl (C=O) groups is 1. The number of aromatic amines is 1. The van der Waals surface area contributed by atoms with E-state index in [1.165, 1.54) is 5.56 Å². The number of hydrogen-bond acceptors (Lipinski definition) is 5. The van der Waals surface area contributed by atoms with Gasteiger partial charge in [-0.3, -0.25) is 14.3 Å². The van der Waals surface area contributed by atoms with Crippen molar-refractivity contribution >= 4 is 27.7 Å². The molecule has 8 heteroatoms. The summed E-state index contributed by atoms with van der Waals surface area (Å²) >= 11 is 0. The van der Waals surface area contributed by atoms with E-state index in [0.29, 0.717) is 43.9 Å². The molecule has 1 amide bonds. The van der Waals surface area contributed by atoms with E-state index in [4.69, 9.17) is 9.47 Å². The molecule has 2 saturated heterocycles. The number of para-hydroxylation sites is 1. The van der Waals surface area contributed by atoms with Crippen molar-refractivity contribution in [2.75, 3.05) is 32.9 Å². The van der Waals surface area contributed by atoms with Crippen LogP contribution in [-0.4, -0.2) is 58.5 Å². The molecule has 2 aromatic heterocycles. The van der Waals surface area contributed by atoms with E-state index < -0.39 is 0 Å². The number of likely N-dealkylation sites (tertiary alicyclic amines) is 1. The van der Waals surface area contributed by atoms with Gasteiger partial charge >= 0.3 is 0 Å². The summed E-state index contributed by atoms with van der Waals surface area (Å²) in [7, 11) is 0.